The molecule has 0 aliphatic heterocycles. The number of hydrogen-bond donors (Lipinski definition) is 2. The van der Waals surface area contributed by atoms with Gasteiger partial charge in [0.25, 0.3) is 0 Å². The van der Waals surface area contributed by atoms with Crippen LogP contribution in [0.3, 0.4) is 0 Å². The first-order valence-corrected chi connectivity index (χ1v) is 6.54. The van der Waals surface area contributed by atoms with E-state index in [1.54, 1.807) is 13.2 Å². The van der Waals surface area contributed by atoms with Gasteiger partial charge in [-0.25, -0.2) is 9.78 Å². The molecule has 0 saturated carbocycles. The van der Waals surface area contributed by atoms with Gasteiger partial charge in [0, 0.05) is 12.5 Å². The first-order chi connectivity index (χ1) is 9.65. The van der Waals surface area contributed by atoms with Crippen molar-refractivity contribution in [3.63, 3.8) is 0 Å². The number of hydrogen-bond acceptors (Lipinski definition) is 4. The van der Waals surface area contributed by atoms with Crippen LogP contribution in [0.2, 0.25) is 0 Å². The number of anilines is 1. The highest BCUT2D eigenvalue weighted by atomic mass is 16.5. The molecule has 0 amide bonds. The zero-order chi connectivity index (χ0) is 14.5. The minimum absolute atomic E-state index is 0.0340. The van der Waals surface area contributed by atoms with Crippen molar-refractivity contribution in [1.29, 1.82) is 0 Å². The number of rotatable bonds is 6. The van der Waals surface area contributed by atoms with Crippen molar-refractivity contribution in [1.82, 2.24) is 4.98 Å². The Morgan fingerprint density at radius 3 is 2.85 bits per heavy atom. The van der Waals surface area contributed by atoms with Crippen LogP contribution in [-0.4, -0.2) is 35.8 Å². The number of carboxylic acid groups (broad SMARTS) is 1. The summed E-state index contributed by atoms with van der Waals surface area (Å²) in [5.41, 5.74) is 0.950. The average Bonchev–Trinajstić information content (AvgIpc) is 2.45. The molecule has 0 saturated heterocycles. The molecular formula is C15H18N2O3. The Morgan fingerprint density at radius 1 is 1.45 bits per heavy atom. The van der Waals surface area contributed by atoms with Gasteiger partial charge in [0.05, 0.1) is 18.2 Å². The van der Waals surface area contributed by atoms with Crippen molar-refractivity contribution in [3.05, 3.63) is 35.9 Å². The summed E-state index contributed by atoms with van der Waals surface area (Å²) in [5, 5.41) is 13.3. The average molecular weight is 274 g/mol. The molecular weight excluding hydrogens is 256 g/mol. The summed E-state index contributed by atoms with van der Waals surface area (Å²) < 4.78 is 5.12. The highest BCUT2D eigenvalue weighted by Crippen LogP contribution is 2.21. The predicted molar refractivity (Wildman–Crippen MR) is 78.3 cm³/mol. The molecule has 1 heterocycles. The lowest BCUT2D eigenvalue weighted by molar-refractivity contribution is 0.0697. The molecule has 20 heavy (non-hydrogen) atoms. The molecule has 2 N–H and O–H groups in total. The maximum absolute atomic E-state index is 11.4. The van der Waals surface area contributed by atoms with Gasteiger partial charge in [0.2, 0.25) is 0 Å². The number of fused-ring (bicyclic) bond motifs is 1. The molecule has 0 aliphatic carbocycles. The lowest BCUT2D eigenvalue weighted by Gasteiger charge is -2.18. The van der Waals surface area contributed by atoms with E-state index in [0.29, 0.717) is 12.4 Å². The van der Waals surface area contributed by atoms with E-state index in [2.05, 4.69) is 10.3 Å². The lowest BCUT2D eigenvalue weighted by atomic mass is 10.1. The maximum Gasteiger partial charge on any atom is 0.339 e. The monoisotopic (exact) mass is 274 g/mol. The highest BCUT2D eigenvalue weighted by Gasteiger charge is 2.16. The Morgan fingerprint density at radius 2 is 2.20 bits per heavy atom. The van der Waals surface area contributed by atoms with Gasteiger partial charge in [0.15, 0.2) is 0 Å². The molecule has 1 atom stereocenters. The fraction of sp³-hybridized carbons (Fsp3) is 0.333. The van der Waals surface area contributed by atoms with Crippen molar-refractivity contribution >= 4 is 22.7 Å². The number of nitrogens with zero attached hydrogens (tertiary/aromatic N) is 1. The van der Waals surface area contributed by atoms with Gasteiger partial charge >= 0.3 is 5.97 Å². The molecule has 5 heteroatoms. The SMILES string of the molecule is CCC(COC)Nc1nc2ccccc2cc1C(=O)O. The first-order valence-electron chi connectivity index (χ1n) is 6.54. The summed E-state index contributed by atoms with van der Waals surface area (Å²) >= 11 is 0. The van der Waals surface area contributed by atoms with Crippen LogP contribution in [0.15, 0.2) is 30.3 Å². The van der Waals surface area contributed by atoms with E-state index in [9.17, 15) is 9.90 Å². The Balaban J connectivity index is 2.43. The van der Waals surface area contributed by atoms with Crippen molar-refractivity contribution in [3.8, 4) is 0 Å². The topological polar surface area (TPSA) is 71.5 Å². The van der Waals surface area contributed by atoms with Gasteiger partial charge in [-0.05, 0) is 18.6 Å². The van der Waals surface area contributed by atoms with E-state index in [0.717, 1.165) is 17.3 Å². The number of benzene rings is 1. The molecule has 0 spiro atoms. The molecule has 0 bridgehead atoms. The van der Waals surface area contributed by atoms with E-state index >= 15 is 0 Å². The molecule has 0 aliphatic rings. The standard InChI is InChI=1S/C15H18N2O3/c1-3-11(9-20-2)16-14-12(15(18)19)8-10-6-4-5-7-13(10)17-14/h4-8,11H,3,9H2,1-2H3,(H,16,17)(H,18,19). The smallest absolute Gasteiger partial charge is 0.339 e. The molecule has 0 fully saturated rings. The molecule has 2 rings (SSSR count). The Kier molecular flexibility index (Phi) is 4.53. The Bertz CT molecular complexity index is 613. The number of aromatic nitrogens is 1. The molecule has 1 aromatic carbocycles. The summed E-state index contributed by atoms with van der Waals surface area (Å²) in [4.78, 5) is 15.8. The number of para-hydroxylation sites is 1. The van der Waals surface area contributed by atoms with Crippen LogP contribution in [0.25, 0.3) is 10.9 Å². The van der Waals surface area contributed by atoms with Crippen LogP contribution in [0.5, 0.6) is 0 Å². The molecule has 0 radical (unpaired) electrons. The van der Waals surface area contributed by atoms with Gasteiger partial charge in [-0.15, -0.1) is 0 Å². The quantitative estimate of drug-likeness (QED) is 0.847. The van der Waals surface area contributed by atoms with Crippen LogP contribution in [0.4, 0.5) is 5.82 Å². The number of methoxy groups -OCH3 is 1. The van der Waals surface area contributed by atoms with Gasteiger partial charge < -0.3 is 15.2 Å². The summed E-state index contributed by atoms with van der Waals surface area (Å²) in [5.74, 6) is -0.599. The number of nitrogens with one attached hydrogen (secondary N) is 1. The molecule has 1 unspecified atom stereocenters. The number of ether oxygens (including phenoxy) is 1. The van der Waals surface area contributed by atoms with Crippen molar-refractivity contribution < 1.29 is 14.6 Å². The lowest BCUT2D eigenvalue weighted by Crippen LogP contribution is -2.25. The summed E-state index contributed by atoms with van der Waals surface area (Å²) in [7, 11) is 1.62. The first kappa shape index (κ1) is 14.3. The van der Waals surface area contributed by atoms with Gasteiger partial charge in [-0.3, -0.25) is 0 Å². The third kappa shape index (κ3) is 3.05. The zero-order valence-electron chi connectivity index (χ0n) is 11.6. The second kappa shape index (κ2) is 6.34. The zero-order valence-corrected chi connectivity index (χ0v) is 11.6. The van der Waals surface area contributed by atoms with Crippen LogP contribution >= 0.6 is 0 Å². The summed E-state index contributed by atoms with van der Waals surface area (Å²) in [6.07, 6.45) is 0.821. The van der Waals surface area contributed by atoms with Crippen LogP contribution < -0.4 is 5.32 Å². The van der Waals surface area contributed by atoms with Gasteiger partial charge in [-0.1, -0.05) is 25.1 Å². The van der Waals surface area contributed by atoms with Crippen LogP contribution in [0.1, 0.15) is 23.7 Å². The van der Waals surface area contributed by atoms with E-state index in [4.69, 9.17) is 4.74 Å². The second-order valence-electron chi connectivity index (χ2n) is 4.59. The second-order valence-corrected chi connectivity index (χ2v) is 4.59. The molecule has 106 valence electrons. The van der Waals surface area contributed by atoms with Gasteiger partial charge in [-0.2, -0.15) is 0 Å². The number of pyridine rings is 1. The summed E-state index contributed by atoms with van der Waals surface area (Å²) in [6.45, 7) is 2.52. The third-order valence-corrected chi connectivity index (χ3v) is 3.16. The van der Waals surface area contributed by atoms with Gasteiger partial charge in [0.1, 0.15) is 11.4 Å². The Labute approximate surface area is 117 Å². The van der Waals surface area contributed by atoms with Crippen LogP contribution in [0, 0.1) is 0 Å². The van der Waals surface area contributed by atoms with Crippen molar-refractivity contribution in [2.24, 2.45) is 0 Å². The normalized spacial score (nSPS) is 12.3. The van der Waals surface area contributed by atoms with Crippen molar-refractivity contribution in [2.75, 3.05) is 19.0 Å². The maximum atomic E-state index is 11.4. The van der Waals surface area contributed by atoms with E-state index in [-0.39, 0.29) is 11.6 Å². The van der Waals surface area contributed by atoms with Crippen molar-refractivity contribution in [2.45, 2.75) is 19.4 Å². The molecule has 1 aromatic heterocycles. The molecule has 5 nitrogen and oxygen atoms in total. The predicted octanol–water partition coefficient (Wildman–Crippen LogP) is 2.77. The molecule has 2 aromatic rings. The Hall–Kier alpha value is -2.14. The fourth-order valence-corrected chi connectivity index (χ4v) is 2.05. The third-order valence-electron chi connectivity index (χ3n) is 3.16. The van der Waals surface area contributed by atoms with E-state index < -0.39 is 5.97 Å². The minimum atomic E-state index is -0.988. The number of carbonyl (C=O) groups is 1. The van der Waals surface area contributed by atoms with E-state index in [1.807, 2.05) is 31.2 Å². The number of carboxylic acids is 1. The highest BCUT2D eigenvalue weighted by molar-refractivity contribution is 5.98. The van der Waals surface area contributed by atoms with E-state index in [1.165, 1.54) is 0 Å². The number of aromatic carboxylic acids is 1. The fourth-order valence-electron chi connectivity index (χ4n) is 2.05. The summed E-state index contributed by atoms with van der Waals surface area (Å²) in [6, 6.07) is 9.14. The van der Waals surface area contributed by atoms with Crippen LogP contribution in [-0.2, 0) is 4.74 Å². The minimum Gasteiger partial charge on any atom is -0.478 e. The largest absolute Gasteiger partial charge is 0.478 e.